The smallest absolute Gasteiger partial charge is 0.122 e. The molecule has 0 aliphatic heterocycles. The Labute approximate surface area is 111 Å². The van der Waals surface area contributed by atoms with Gasteiger partial charge in [0, 0.05) is 17.4 Å². The third-order valence-corrected chi connectivity index (χ3v) is 3.01. The van der Waals surface area contributed by atoms with Crippen LogP contribution in [0, 0.1) is 11.3 Å². The highest BCUT2D eigenvalue weighted by Gasteiger charge is 2.06. The van der Waals surface area contributed by atoms with Crippen molar-refractivity contribution in [2.24, 2.45) is 0 Å². The molecule has 5 heteroatoms. The van der Waals surface area contributed by atoms with Gasteiger partial charge in [-0.2, -0.15) is 5.26 Å². The quantitative estimate of drug-likeness (QED) is 0.917. The SMILES string of the molecule is CNCc1nccn1Cc1ccc(C#N)cc1Cl. The first-order valence-electron chi connectivity index (χ1n) is 5.57. The molecule has 18 heavy (non-hydrogen) atoms. The molecular formula is C13H13ClN4. The molecule has 0 aliphatic carbocycles. The van der Waals surface area contributed by atoms with E-state index < -0.39 is 0 Å². The first-order valence-corrected chi connectivity index (χ1v) is 5.95. The zero-order chi connectivity index (χ0) is 13.0. The monoisotopic (exact) mass is 260 g/mol. The van der Waals surface area contributed by atoms with Gasteiger partial charge in [-0.15, -0.1) is 0 Å². The van der Waals surface area contributed by atoms with E-state index in [1.807, 2.05) is 23.9 Å². The fourth-order valence-electron chi connectivity index (χ4n) is 1.74. The molecule has 1 aromatic heterocycles. The molecule has 92 valence electrons. The number of aromatic nitrogens is 2. The molecule has 2 aromatic rings. The topological polar surface area (TPSA) is 53.6 Å². The molecular weight excluding hydrogens is 248 g/mol. The van der Waals surface area contributed by atoms with Crippen molar-refractivity contribution in [3.05, 3.63) is 52.6 Å². The predicted molar refractivity (Wildman–Crippen MR) is 70.3 cm³/mol. The number of nitriles is 1. The molecule has 1 N–H and O–H groups in total. The summed E-state index contributed by atoms with van der Waals surface area (Å²) in [6.45, 7) is 1.36. The first-order chi connectivity index (χ1) is 8.74. The van der Waals surface area contributed by atoms with E-state index in [0.717, 1.165) is 11.4 Å². The molecule has 0 radical (unpaired) electrons. The van der Waals surface area contributed by atoms with E-state index in [1.54, 1.807) is 18.3 Å². The lowest BCUT2D eigenvalue weighted by Crippen LogP contribution is -2.12. The van der Waals surface area contributed by atoms with Crippen molar-refractivity contribution < 1.29 is 0 Å². The van der Waals surface area contributed by atoms with Gasteiger partial charge in [-0.1, -0.05) is 17.7 Å². The van der Waals surface area contributed by atoms with Gasteiger partial charge >= 0.3 is 0 Å². The van der Waals surface area contributed by atoms with Crippen molar-refractivity contribution in [1.82, 2.24) is 14.9 Å². The van der Waals surface area contributed by atoms with Crippen LogP contribution in [0.25, 0.3) is 0 Å². The zero-order valence-electron chi connectivity index (χ0n) is 10.0. The van der Waals surface area contributed by atoms with Crippen molar-refractivity contribution in [3.8, 4) is 6.07 Å². The largest absolute Gasteiger partial charge is 0.329 e. The molecule has 0 saturated carbocycles. The highest BCUT2D eigenvalue weighted by Crippen LogP contribution is 2.19. The van der Waals surface area contributed by atoms with Crippen LogP contribution in [-0.4, -0.2) is 16.6 Å². The molecule has 0 atom stereocenters. The van der Waals surface area contributed by atoms with Crippen molar-refractivity contribution >= 4 is 11.6 Å². The molecule has 0 saturated heterocycles. The standard InChI is InChI=1S/C13H13ClN4/c1-16-8-13-17-4-5-18(13)9-11-3-2-10(7-15)6-12(11)14/h2-6,16H,8-9H2,1H3. The summed E-state index contributed by atoms with van der Waals surface area (Å²) in [5.41, 5.74) is 1.55. The Morgan fingerprint density at radius 1 is 1.50 bits per heavy atom. The number of hydrogen-bond acceptors (Lipinski definition) is 3. The van der Waals surface area contributed by atoms with E-state index in [0.29, 0.717) is 23.7 Å². The number of nitrogens with zero attached hydrogens (tertiary/aromatic N) is 3. The van der Waals surface area contributed by atoms with E-state index in [4.69, 9.17) is 16.9 Å². The van der Waals surface area contributed by atoms with Crippen LogP contribution >= 0.6 is 11.6 Å². The number of imidazole rings is 1. The Hall–Kier alpha value is -1.83. The predicted octanol–water partition coefficient (Wildman–Crippen LogP) is 2.18. The molecule has 0 aliphatic rings. The second-order valence-electron chi connectivity index (χ2n) is 3.92. The van der Waals surface area contributed by atoms with Gasteiger partial charge in [-0.25, -0.2) is 4.98 Å². The van der Waals surface area contributed by atoms with Crippen LogP contribution < -0.4 is 5.32 Å². The van der Waals surface area contributed by atoms with E-state index in [1.165, 1.54) is 0 Å². The minimum atomic E-state index is 0.574. The maximum absolute atomic E-state index is 8.79. The minimum absolute atomic E-state index is 0.574. The van der Waals surface area contributed by atoms with Gasteiger partial charge in [0.1, 0.15) is 5.82 Å². The first kappa shape index (κ1) is 12.6. The minimum Gasteiger partial charge on any atom is -0.329 e. The molecule has 0 bridgehead atoms. The van der Waals surface area contributed by atoms with E-state index in [2.05, 4.69) is 16.4 Å². The van der Waals surface area contributed by atoms with Crippen molar-refractivity contribution in [1.29, 1.82) is 5.26 Å². The van der Waals surface area contributed by atoms with Crippen LogP contribution in [0.2, 0.25) is 5.02 Å². The Kier molecular flexibility index (Phi) is 3.98. The van der Waals surface area contributed by atoms with Crippen LogP contribution in [0.4, 0.5) is 0 Å². The molecule has 1 aromatic carbocycles. The maximum Gasteiger partial charge on any atom is 0.122 e. The van der Waals surface area contributed by atoms with E-state index >= 15 is 0 Å². The fourth-order valence-corrected chi connectivity index (χ4v) is 1.98. The summed E-state index contributed by atoms with van der Waals surface area (Å²) in [6.07, 6.45) is 3.69. The second-order valence-corrected chi connectivity index (χ2v) is 4.33. The highest BCUT2D eigenvalue weighted by molar-refractivity contribution is 6.31. The number of nitrogens with one attached hydrogen (secondary N) is 1. The third kappa shape index (κ3) is 2.70. The Bertz CT molecular complexity index is 583. The molecule has 0 amide bonds. The van der Waals surface area contributed by atoms with E-state index in [-0.39, 0.29) is 0 Å². The summed E-state index contributed by atoms with van der Waals surface area (Å²) in [7, 11) is 1.88. The van der Waals surface area contributed by atoms with Crippen LogP contribution in [0.3, 0.4) is 0 Å². The third-order valence-electron chi connectivity index (χ3n) is 2.66. The van der Waals surface area contributed by atoms with Crippen LogP contribution in [0.5, 0.6) is 0 Å². The highest BCUT2D eigenvalue weighted by atomic mass is 35.5. The molecule has 4 nitrogen and oxygen atoms in total. The fraction of sp³-hybridized carbons (Fsp3) is 0.231. The lowest BCUT2D eigenvalue weighted by atomic mass is 10.1. The van der Waals surface area contributed by atoms with Crippen LogP contribution in [-0.2, 0) is 13.1 Å². The van der Waals surface area contributed by atoms with Gasteiger partial charge in [-0.3, -0.25) is 0 Å². The van der Waals surface area contributed by atoms with Crippen LogP contribution in [0.15, 0.2) is 30.6 Å². The number of hydrogen-bond donors (Lipinski definition) is 1. The van der Waals surface area contributed by atoms with Gasteiger partial charge in [0.15, 0.2) is 0 Å². The van der Waals surface area contributed by atoms with Crippen LogP contribution in [0.1, 0.15) is 17.0 Å². The summed E-state index contributed by atoms with van der Waals surface area (Å²) in [5, 5.41) is 12.5. The van der Waals surface area contributed by atoms with Crippen molar-refractivity contribution in [3.63, 3.8) is 0 Å². The average Bonchev–Trinajstić information content (AvgIpc) is 2.80. The lowest BCUT2D eigenvalue weighted by Gasteiger charge is -2.09. The lowest BCUT2D eigenvalue weighted by molar-refractivity contribution is 0.673. The molecule has 0 unspecified atom stereocenters. The summed E-state index contributed by atoms with van der Waals surface area (Å²) in [4.78, 5) is 4.27. The summed E-state index contributed by atoms with van der Waals surface area (Å²) < 4.78 is 2.03. The summed E-state index contributed by atoms with van der Waals surface area (Å²) >= 11 is 6.15. The van der Waals surface area contributed by atoms with Gasteiger partial charge in [0.05, 0.1) is 24.7 Å². The number of halogens is 1. The molecule has 2 rings (SSSR count). The number of rotatable bonds is 4. The van der Waals surface area contributed by atoms with E-state index in [9.17, 15) is 0 Å². The Morgan fingerprint density at radius 3 is 3.00 bits per heavy atom. The summed E-state index contributed by atoms with van der Waals surface area (Å²) in [5.74, 6) is 0.956. The van der Waals surface area contributed by atoms with Crippen molar-refractivity contribution in [2.75, 3.05) is 7.05 Å². The Morgan fingerprint density at radius 2 is 2.33 bits per heavy atom. The van der Waals surface area contributed by atoms with Gasteiger partial charge < -0.3 is 9.88 Å². The average molecular weight is 261 g/mol. The maximum atomic E-state index is 8.79. The Balaban J connectivity index is 2.23. The van der Waals surface area contributed by atoms with Crippen molar-refractivity contribution in [2.45, 2.75) is 13.1 Å². The molecule has 1 heterocycles. The molecule has 0 spiro atoms. The van der Waals surface area contributed by atoms with Gasteiger partial charge in [0.2, 0.25) is 0 Å². The number of benzene rings is 1. The zero-order valence-corrected chi connectivity index (χ0v) is 10.8. The van der Waals surface area contributed by atoms with Gasteiger partial charge in [-0.05, 0) is 24.7 Å². The summed E-state index contributed by atoms with van der Waals surface area (Å²) in [6, 6.07) is 7.41. The molecule has 0 fully saturated rings. The normalized spacial score (nSPS) is 10.3. The second kappa shape index (κ2) is 5.67. The van der Waals surface area contributed by atoms with Gasteiger partial charge in [0.25, 0.3) is 0 Å².